The molecule has 2 amide bonds. The molecule has 2 aromatic carbocycles. The predicted molar refractivity (Wildman–Crippen MR) is 112 cm³/mol. The number of pyridine rings is 1. The fourth-order valence-electron chi connectivity index (χ4n) is 3.33. The lowest BCUT2D eigenvalue weighted by molar-refractivity contribution is -0.128. The molecular formula is C23H25N3O2. The Morgan fingerprint density at radius 1 is 1.07 bits per heavy atom. The largest absolute Gasteiger partial charge is 0.342 e. The lowest BCUT2D eigenvalue weighted by Gasteiger charge is -2.16. The van der Waals surface area contributed by atoms with Gasteiger partial charge in [0.05, 0.1) is 11.9 Å². The Bertz CT molecular complexity index is 1040. The predicted octanol–water partition coefficient (Wildman–Crippen LogP) is 4.01. The number of para-hydroxylation sites is 1. The van der Waals surface area contributed by atoms with Crippen LogP contribution in [0.3, 0.4) is 0 Å². The number of aromatic nitrogens is 1. The molecule has 1 N–H and O–H groups in total. The van der Waals surface area contributed by atoms with Crippen LogP contribution in [0, 0.1) is 13.8 Å². The van der Waals surface area contributed by atoms with Crippen LogP contribution in [0.15, 0.2) is 48.5 Å². The second kappa shape index (κ2) is 8.21. The first kappa shape index (κ1) is 19.5. The molecule has 1 aromatic heterocycles. The Morgan fingerprint density at radius 2 is 1.82 bits per heavy atom. The van der Waals surface area contributed by atoms with Gasteiger partial charge in [0.25, 0.3) is 0 Å². The van der Waals surface area contributed by atoms with Gasteiger partial charge in [-0.3, -0.25) is 14.6 Å². The van der Waals surface area contributed by atoms with Crippen molar-refractivity contribution in [1.82, 2.24) is 9.88 Å². The van der Waals surface area contributed by atoms with Gasteiger partial charge in [0.1, 0.15) is 0 Å². The molecule has 3 rings (SSSR count). The number of rotatable bonds is 5. The third-order valence-electron chi connectivity index (χ3n) is 4.99. The highest BCUT2D eigenvalue weighted by atomic mass is 16.2. The minimum absolute atomic E-state index is 0.00388. The fraction of sp³-hybridized carbons (Fsp3) is 0.261. The number of fused-ring (bicyclic) bond motifs is 1. The van der Waals surface area contributed by atoms with Crippen molar-refractivity contribution in [2.24, 2.45) is 0 Å². The maximum absolute atomic E-state index is 12.7. The number of nitrogens with zero attached hydrogens (tertiary/aromatic N) is 2. The monoisotopic (exact) mass is 375 g/mol. The molecule has 0 bridgehead atoms. The van der Waals surface area contributed by atoms with Crippen molar-refractivity contribution in [3.05, 3.63) is 70.9 Å². The van der Waals surface area contributed by atoms with Crippen molar-refractivity contribution in [1.29, 1.82) is 0 Å². The summed E-state index contributed by atoms with van der Waals surface area (Å²) in [5.41, 5.74) is 5.57. The van der Waals surface area contributed by atoms with Crippen molar-refractivity contribution in [2.45, 2.75) is 33.7 Å². The van der Waals surface area contributed by atoms with Gasteiger partial charge < -0.3 is 10.2 Å². The van der Waals surface area contributed by atoms with Crippen molar-refractivity contribution in [3.63, 3.8) is 0 Å². The second-order valence-corrected chi connectivity index (χ2v) is 7.12. The average Bonchev–Trinajstić information content (AvgIpc) is 2.65. The smallest absolute Gasteiger partial charge is 0.228 e. The normalized spacial score (nSPS) is 10.7. The Labute approximate surface area is 165 Å². The number of carbonyl (C=O) groups excluding carboxylic acids is 2. The number of nitrogens with one attached hydrogen (secondary N) is 1. The van der Waals surface area contributed by atoms with Crippen LogP contribution < -0.4 is 5.32 Å². The van der Waals surface area contributed by atoms with E-state index in [0.717, 1.165) is 39.0 Å². The quantitative estimate of drug-likeness (QED) is 0.733. The number of carbonyl (C=O) groups is 2. The summed E-state index contributed by atoms with van der Waals surface area (Å²) in [6, 6.07) is 15.6. The van der Waals surface area contributed by atoms with E-state index in [2.05, 4.69) is 10.3 Å². The number of hydrogen-bond acceptors (Lipinski definition) is 3. The number of amides is 2. The van der Waals surface area contributed by atoms with E-state index in [1.807, 2.05) is 62.4 Å². The van der Waals surface area contributed by atoms with Crippen LogP contribution in [0.1, 0.15) is 29.3 Å². The Morgan fingerprint density at radius 3 is 2.57 bits per heavy atom. The molecule has 1 heterocycles. The van der Waals surface area contributed by atoms with Crippen molar-refractivity contribution in [3.8, 4) is 0 Å². The van der Waals surface area contributed by atoms with E-state index in [1.165, 1.54) is 6.92 Å². The Balaban J connectivity index is 1.76. The van der Waals surface area contributed by atoms with E-state index >= 15 is 0 Å². The lowest BCUT2D eigenvalue weighted by Crippen LogP contribution is -2.23. The van der Waals surface area contributed by atoms with Crippen LogP contribution in [0.25, 0.3) is 10.9 Å². The highest BCUT2D eigenvalue weighted by molar-refractivity contribution is 5.94. The fourth-order valence-corrected chi connectivity index (χ4v) is 3.33. The van der Waals surface area contributed by atoms with Crippen LogP contribution >= 0.6 is 0 Å². The van der Waals surface area contributed by atoms with Gasteiger partial charge in [-0.1, -0.05) is 30.3 Å². The highest BCUT2D eigenvalue weighted by Crippen LogP contribution is 2.23. The zero-order chi connectivity index (χ0) is 20.3. The van der Waals surface area contributed by atoms with E-state index in [1.54, 1.807) is 11.9 Å². The van der Waals surface area contributed by atoms with E-state index in [4.69, 9.17) is 0 Å². The molecule has 0 saturated carbocycles. The highest BCUT2D eigenvalue weighted by Gasteiger charge is 2.13. The van der Waals surface area contributed by atoms with Crippen molar-refractivity contribution >= 4 is 28.4 Å². The molecule has 28 heavy (non-hydrogen) atoms. The lowest BCUT2D eigenvalue weighted by atomic mass is 9.99. The summed E-state index contributed by atoms with van der Waals surface area (Å²) >= 11 is 0. The van der Waals surface area contributed by atoms with Crippen LogP contribution in [0.5, 0.6) is 0 Å². The van der Waals surface area contributed by atoms with Gasteiger partial charge in [0, 0.05) is 37.3 Å². The van der Waals surface area contributed by atoms with E-state index in [-0.39, 0.29) is 18.2 Å². The summed E-state index contributed by atoms with van der Waals surface area (Å²) in [4.78, 5) is 30.4. The summed E-state index contributed by atoms with van der Waals surface area (Å²) < 4.78 is 0. The number of hydrogen-bond donors (Lipinski definition) is 1. The average molecular weight is 375 g/mol. The summed E-state index contributed by atoms with van der Waals surface area (Å²) in [6.07, 6.45) is 0.271. The maximum atomic E-state index is 12.7. The Kier molecular flexibility index (Phi) is 5.73. The molecule has 0 radical (unpaired) electrons. The number of benzene rings is 2. The van der Waals surface area contributed by atoms with Gasteiger partial charge in [-0.05, 0) is 48.7 Å². The zero-order valence-electron chi connectivity index (χ0n) is 16.7. The summed E-state index contributed by atoms with van der Waals surface area (Å²) in [5.74, 6) is -0.0791. The van der Waals surface area contributed by atoms with Gasteiger partial charge in [-0.2, -0.15) is 0 Å². The van der Waals surface area contributed by atoms with Crippen molar-refractivity contribution < 1.29 is 9.59 Å². The van der Waals surface area contributed by atoms with E-state index in [0.29, 0.717) is 6.54 Å². The topological polar surface area (TPSA) is 62.3 Å². The van der Waals surface area contributed by atoms with Gasteiger partial charge >= 0.3 is 0 Å². The van der Waals surface area contributed by atoms with Gasteiger partial charge in [-0.15, -0.1) is 0 Å². The molecule has 0 aliphatic heterocycles. The molecule has 0 unspecified atom stereocenters. The summed E-state index contributed by atoms with van der Waals surface area (Å²) in [5, 5.41) is 4.04. The Hall–Kier alpha value is -3.21. The van der Waals surface area contributed by atoms with Crippen LogP contribution in [-0.4, -0.2) is 28.7 Å². The molecule has 5 heteroatoms. The number of aryl methyl sites for hydroxylation is 2. The van der Waals surface area contributed by atoms with E-state index < -0.39 is 0 Å². The molecule has 0 atom stereocenters. The van der Waals surface area contributed by atoms with Gasteiger partial charge in [0.15, 0.2) is 0 Å². The summed E-state index contributed by atoms with van der Waals surface area (Å²) in [7, 11) is 1.76. The van der Waals surface area contributed by atoms with Gasteiger partial charge in [-0.25, -0.2) is 0 Å². The van der Waals surface area contributed by atoms with Crippen LogP contribution in [-0.2, 0) is 22.6 Å². The minimum Gasteiger partial charge on any atom is -0.342 e. The van der Waals surface area contributed by atoms with Crippen LogP contribution in [0.2, 0.25) is 0 Å². The minimum atomic E-state index is -0.0830. The first-order chi connectivity index (χ1) is 13.3. The van der Waals surface area contributed by atoms with E-state index in [9.17, 15) is 9.59 Å². The van der Waals surface area contributed by atoms with Crippen LogP contribution in [0.4, 0.5) is 5.69 Å². The van der Waals surface area contributed by atoms with Gasteiger partial charge in [0.2, 0.25) is 11.8 Å². The molecule has 0 saturated heterocycles. The molecular weight excluding hydrogens is 350 g/mol. The molecule has 3 aromatic rings. The molecule has 144 valence electrons. The third kappa shape index (κ3) is 4.36. The standard InChI is InChI=1S/C23H25N3O2/c1-15-20-10-5-6-11-22(20)24-16(2)21(15)13-23(28)25-19-9-7-8-18(12-19)14-26(4)17(3)27/h5-12H,13-14H2,1-4H3,(H,25,28). The molecule has 0 aliphatic rings. The molecule has 0 aliphatic carbocycles. The second-order valence-electron chi connectivity index (χ2n) is 7.12. The molecule has 0 fully saturated rings. The molecule has 0 spiro atoms. The zero-order valence-corrected chi connectivity index (χ0v) is 16.7. The SMILES string of the molecule is CC(=O)N(C)Cc1cccc(NC(=O)Cc2c(C)nc3ccccc3c2C)c1. The third-order valence-corrected chi connectivity index (χ3v) is 4.99. The number of anilines is 1. The first-order valence-corrected chi connectivity index (χ1v) is 9.30. The molecule has 5 nitrogen and oxygen atoms in total. The van der Waals surface area contributed by atoms with Crippen molar-refractivity contribution in [2.75, 3.05) is 12.4 Å². The summed E-state index contributed by atoms with van der Waals surface area (Å²) in [6.45, 7) is 6.03. The maximum Gasteiger partial charge on any atom is 0.228 e. The first-order valence-electron chi connectivity index (χ1n) is 9.30.